The van der Waals surface area contributed by atoms with E-state index >= 15 is 0 Å². The van der Waals surface area contributed by atoms with E-state index in [1.165, 1.54) is 5.56 Å². The molecule has 5 rings (SSSR count). The molecule has 1 atom stereocenters. The first-order valence-corrected chi connectivity index (χ1v) is 12.8. The summed E-state index contributed by atoms with van der Waals surface area (Å²) >= 11 is 0. The van der Waals surface area contributed by atoms with Gasteiger partial charge in [0, 0.05) is 29.5 Å². The minimum atomic E-state index is -0.404. The first kappa shape index (κ1) is 24.5. The fourth-order valence-electron chi connectivity index (χ4n) is 5.50. The second-order valence-corrected chi connectivity index (χ2v) is 9.88. The molecule has 0 radical (unpaired) electrons. The average molecular weight is 487 g/mol. The molecule has 0 spiro atoms. The summed E-state index contributed by atoms with van der Waals surface area (Å²) in [6.07, 6.45) is 2.77. The third-order valence-corrected chi connectivity index (χ3v) is 7.64. The van der Waals surface area contributed by atoms with Crippen molar-refractivity contribution in [2.75, 3.05) is 33.3 Å². The minimum Gasteiger partial charge on any atom is -0.508 e. The van der Waals surface area contributed by atoms with Crippen molar-refractivity contribution in [1.82, 2.24) is 9.80 Å². The molecule has 3 aromatic rings. The van der Waals surface area contributed by atoms with Crippen LogP contribution in [0, 0.1) is 0 Å². The van der Waals surface area contributed by atoms with Gasteiger partial charge in [-0.1, -0.05) is 60.7 Å². The van der Waals surface area contributed by atoms with Gasteiger partial charge in [-0.05, 0) is 68.7 Å². The molecule has 2 aliphatic rings. The van der Waals surface area contributed by atoms with Crippen LogP contribution in [0.5, 0.6) is 5.75 Å². The van der Waals surface area contributed by atoms with Crippen molar-refractivity contribution in [3.8, 4) is 5.75 Å². The van der Waals surface area contributed by atoms with Gasteiger partial charge in [0.25, 0.3) is 5.91 Å². The van der Waals surface area contributed by atoms with E-state index in [9.17, 15) is 9.90 Å². The molecule has 6 heteroatoms. The lowest BCUT2D eigenvalue weighted by atomic mass is 9.67. The first-order chi connectivity index (χ1) is 17.6. The van der Waals surface area contributed by atoms with Gasteiger partial charge in [0.05, 0.1) is 6.61 Å². The SMILES string of the molecule is CN1CCC(c2ccccc2)(c2cc(CCN(C(=O)c3ccccc3)C3CCOO3)ccc2O)CC1. The molecular formula is C30H34N2O4. The molecule has 0 bridgehead atoms. The predicted molar refractivity (Wildman–Crippen MR) is 139 cm³/mol. The Hall–Kier alpha value is -3.19. The van der Waals surface area contributed by atoms with Crippen LogP contribution in [0.25, 0.3) is 0 Å². The van der Waals surface area contributed by atoms with Gasteiger partial charge in [0.2, 0.25) is 0 Å². The summed E-state index contributed by atoms with van der Waals surface area (Å²) in [6.45, 7) is 2.90. The van der Waals surface area contributed by atoms with Crippen molar-refractivity contribution in [3.63, 3.8) is 0 Å². The summed E-state index contributed by atoms with van der Waals surface area (Å²) in [5.74, 6) is 0.262. The number of amides is 1. The topological polar surface area (TPSA) is 62.2 Å². The van der Waals surface area contributed by atoms with E-state index in [-0.39, 0.29) is 11.3 Å². The molecule has 6 nitrogen and oxygen atoms in total. The minimum absolute atomic E-state index is 0.0684. The fourth-order valence-corrected chi connectivity index (χ4v) is 5.50. The highest BCUT2D eigenvalue weighted by molar-refractivity contribution is 5.94. The summed E-state index contributed by atoms with van der Waals surface area (Å²) in [7, 11) is 2.15. The molecule has 0 aliphatic carbocycles. The number of hydrogen-bond acceptors (Lipinski definition) is 5. The van der Waals surface area contributed by atoms with Crippen LogP contribution in [-0.2, 0) is 21.6 Å². The van der Waals surface area contributed by atoms with Crippen molar-refractivity contribution < 1.29 is 19.7 Å². The van der Waals surface area contributed by atoms with E-state index < -0.39 is 6.23 Å². The van der Waals surface area contributed by atoms with Crippen LogP contribution < -0.4 is 0 Å². The second-order valence-electron chi connectivity index (χ2n) is 9.88. The van der Waals surface area contributed by atoms with Crippen molar-refractivity contribution in [2.24, 2.45) is 0 Å². The second kappa shape index (κ2) is 10.8. The van der Waals surface area contributed by atoms with Gasteiger partial charge in [-0.2, -0.15) is 0 Å². The highest BCUT2D eigenvalue weighted by Crippen LogP contribution is 2.45. The molecule has 1 amide bonds. The number of nitrogens with zero attached hydrogens (tertiary/aromatic N) is 2. The number of carbonyl (C=O) groups excluding carboxylic acids is 1. The number of benzene rings is 3. The Kier molecular flexibility index (Phi) is 7.37. The zero-order chi connectivity index (χ0) is 25.0. The van der Waals surface area contributed by atoms with Gasteiger partial charge < -0.3 is 14.9 Å². The van der Waals surface area contributed by atoms with Gasteiger partial charge in [-0.15, -0.1) is 0 Å². The molecule has 2 heterocycles. The molecular weight excluding hydrogens is 452 g/mol. The smallest absolute Gasteiger partial charge is 0.255 e. The molecule has 0 saturated carbocycles. The number of phenols is 1. The van der Waals surface area contributed by atoms with E-state index in [1.54, 1.807) is 4.90 Å². The monoisotopic (exact) mass is 486 g/mol. The van der Waals surface area contributed by atoms with E-state index in [1.807, 2.05) is 48.5 Å². The number of piperidine rings is 1. The number of aromatic hydroxyl groups is 1. The Morgan fingerprint density at radius 1 is 1.03 bits per heavy atom. The summed E-state index contributed by atoms with van der Waals surface area (Å²) in [5.41, 5.74) is 3.69. The van der Waals surface area contributed by atoms with Crippen LogP contribution in [0.15, 0.2) is 78.9 Å². The number of likely N-dealkylation sites (tertiary alicyclic amines) is 1. The van der Waals surface area contributed by atoms with Crippen molar-refractivity contribution >= 4 is 5.91 Å². The van der Waals surface area contributed by atoms with Crippen molar-refractivity contribution in [1.29, 1.82) is 0 Å². The van der Waals surface area contributed by atoms with Crippen LogP contribution in [0.2, 0.25) is 0 Å². The molecule has 188 valence electrons. The molecule has 0 aromatic heterocycles. The van der Waals surface area contributed by atoms with Crippen molar-refractivity contribution in [2.45, 2.75) is 37.3 Å². The summed E-state index contributed by atoms with van der Waals surface area (Å²) in [5, 5.41) is 11.1. The van der Waals surface area contributed by atoms with Crippen LogP contribution in [0.3, 0.4) is 0 Å². The Bertz CT molecular complexity index is 1150. The number of phenolic OH excluding ortho intramolecular Hbond substituents is 1. The Labute approximate surface area is 213 Å². The maximum absolute atomic E-state index is 13.3. The first-order valence-electron chi connectivity index (χ1n) is 12.8. The normalized spacial score (nSPS) is 19.8. The van der Waals surface area contributed by atoms with Crippen molar-refractivity contribution in [3.05, 3.63) is 101 Å². The zero-order valence-corrected chi connectivity index (χ0v) is 20.8. The van der Waals surface area contributed by atoms with E-state index in [0.717, 1.165) is 37.1 Å². The zero-order valence-electron chi connectivity index (χ0n) is 20.8. The molecule has 2 fully saturated rings. The van der Waals surface area contributed by atoms with Gasteiger partial charge in [-0.3, -0.25) is 4.79 Å². The van der Waals surface area contributed by atoms with Crippen LogP contribution in [0.1, 0.15) is 46.3 Å². The third-order valence-electron chi connectivity index (χ3n) is 7.64. The number of rotatable bonds is 7. The number of hydrogen-bond donors (Lipinski definition) is 1. The maximum Gasteiger partial charge on any atom is 0.255 e. The lowest BCUT2D eigenvalue weighted by molar-refractivity contribution is -0.294. The largest absolute Gasteiger partial charge is 0.508 e. The van der Waals surface area contributed by atoms with Gasteiger partial charge in [-0.25, -0.2) is 9.78 Å². The molecule has 1 unspecified atom stereocenters. The molecule has 3 aromatic carbocycles. The van der Waals surface area contributed by atoms with Crippen LogP contribution >= 0.6 is 0 Å². The molecule has 1 N–H and O–H groups in total. The van der Waals surface area contributed by atoms with Gasteiger partial charge >= 0.3 is 0 Å². The summed E-state index contributed by atoms with van der Waals surface area (Å²) in [4.78, 5) is 28.0. The van der Waals surface area contributed by atoms with E-state index in [4.69, 9.17) is 9.78 Å². The summed E-state index contributed by atoms with van der Waals surface area (Å²) < 4.78 is 0. The standard InChI is InChI=1S/C30H34N2O4/c1-31-19-16-30(17-20-31,25-10-6-3-7-11-25)26-22-23(12-13-27(26)33)14-18-32(28-15-21-35-36-28)29(34)24-8-4-2-5-9-24/h2-13,22,28,33H,14-21H2,1H3. The number of carbonyl (C=O) groups is 1. The van der Waals surface area contributed by atoms with E-state index in [2.05, 4.69) is 42.3 Å². The highest BCUT2D eigenvalue weighted by Gasteiger charge is 2.39. The average Bonchev–Trinajstić information content (AvgIpc) is 3.46. The third kappa shape index (κ3) is 5.03. The quantitative estimate of drug-likeness (QED) is 0.488. The predicted octanol–water partition coefficient (Wildman–Crippen LogP) is 4.77. The highest BCUT2D eigenvalue weighted by atomic mass is 17.2. The Morgan fingerprint density at radius 2 is 1.72 bits per heavy atom. The lowest BCUT2D eigenvalue weighted by Crippen LogP contribution is -2.42. The van der Waals surface area contributed by atoms with E-state index in [0.29, 0.717) is 37.3 Å². The Balaban J connectivity index is 1.42. The molecule has 2 aliphatic heterocycles. The summed E-state index contributed by atoms with van der Waals surface area (Å²) in [6, 6.07) is 25.8. The van der Waals surface area contributed by atoms with Gasteiger partial charge in [0.15, 0.2) is 6.23 Å². The maximum atomic E-state index is 13.3. The lowest BCUT2D eigenvalue weighted by Gasteiger charge is -2.42. The molecule has 36 heavy (non-hydrogen) atoms. The Morgan fingerprint density at radius 3 is 2.39 bits per heavy atom. The van der Waals surface area contributed by atoms with Crippen LogP contribution in [-0.4, -0.2) is 60.3 Å². The van der Waals surface area contributed by atoms with Crippen LogP contribution in [0.4, 0.5) is 0 Å². The van der Waals surface area contributed by atoms with Gasteiger partial charge in [0.1, 0.15) is 5.75 Å². The fraction of sp³-hybridized carbons (Fsp3) is 0.367. The molecule has 2 saturated heterocycles.